The average molecular weight is 378 g/mol. The molecule has 0 aliphatic carbocycles. The van der Waals surface area contributed by atoms with E-state index in [1.54, 1.807) is 7.11 Å². The fourth-order valence-electron chi connectivity index (χ4n) is 4.11. The van der Waals surface area contributed by atoms with E-state index in [2.05, 4.69) is 28.1 Å². The predicted octanol–water partition coefficient (Wildman–Crippen LogP) is 2.41. The van der Waals surface area contributed by atoms with Gasteiger partial charge in [0.2, 0.25) is 0 Å². The molecule has 0 saturated heterocycles. The van der Waals surface area contributed by atoms with Crippen molar-refractivity contribution in [1.82, 2.24) is 9.80 Å². The van der Waals surface area contributed by atoms with Crippen LogP contribution < -0.4 is 4.74 Å². The Bertz CT molecular complexity index is 898. The van der Waals surface area contributed by atoms with Crippen molar-refractivity contribution in [1.29, 1.82) is 0 Å². The summed E-state index contributed by atoms with van der Waals surface area (Å²) in [5.74, 6) is 2.05. The van der Waals surface area contributed by atoms with Crippen molar-refractivity contribution in [3.8, 4) is 5.75 Å². The van der Waals surface area contributed by atoms with Crippen LogP contribution in [0.25, 0.3) is 5.70 Å². The molecule has 1 aromatic rings. The van der Waals surface area contributed by atoms with Crippen LogP contribution in [0.5, 0.6) is 5.75 Å². The van der Waals surface area contributed by atoms with Gasteiger partial charge in [0.15, 0.2) is 0 Å². The van der Waals surface area contributed by atoms with Gasteiger partial charge in [-0.15, -0.1) is 0 Å². The van der Waals surface area contributed by atoms with Gasteiger partial charge in [-0.05, 0) is 18.6 Å². The Morgan fingerprint density at radius 3 is 2.93 bits per heavy atom. The smallest absolute Gasteiger partial charge is 0.146 e. The number of benzene rings is 1. The first-order chi connectivity index (χ1) is 13.6. The van der Waals surface area contributed by atoms with E-state index in [0.29, 0.717) is 6.54 Å². The number of hydrogen-bond acceptors (Lipinski definition) is 6. The fraction of sp³-hybridized carbons (Fsp3) is 0.409. The normalized spacial score (nSPS) is 23.5. The van der Waals surface area contributed by atoms with Gasteiger partial charge in [0.05, 0.1) is 7.11 Å². The second kappa shape index (κ2) is 7.62. The number of aldehydes is 1. The molecule has 3 aliphatic rings. The van der Waals surface area contributed by atoms with E-state index in [4.69, 9.17) is 9.73 Å². The number of amidine groups is 1. The van der Waals surface area contributed by atoms with Gasteiger partial charge in [0, 0.05) is 68.3 Å². The molecule has 0 spiro atoms. The minimum Gasteiger partial charge on any atom is -0.496 e. The summed E-state index contributed by atoms with van der Waals surface area (Å²) < 4.78 is 5.58. The zero-order chi connectivity index (χ0) is 19.7. The molecular weight excluding hydrogens is 352 g/mol. The fourth-order valence-corrected chi connectivity index (χ4v) is 4.11. The van der Waals surface area contributed by atoms with E-state index >= 15 is 0 Å². The van der Waals surface area contributed by atoms with Gasteiger partial charge in [-0.1, -0.05) is 18.2 Å². The minimum absolute atomic E-state index is 0.112. The maximum atomic E-state index is 11.7. The summed E-state index contributed by atoms with van der Waals surface area (Å²) in [6.07, 6.45) is 8.73. The highest BCUT2D eigenvalue weighted by atomic mass is 16.5. The van der Waals surface area contributed by atoms with Gasteiger partial charge in [-0.3, -0.25) is 4.99 Å². The van der Waals surface area contributed by atoms with Crippen LogP contribution in [0, 0.1) is 5.92 Å². The second-order valence-electron chi connectivity index (χ2n) is 7.56. The molecule has 6 nitrogen and oxygen atoms in total. The zero-order valence-electron chi connectivity index (χ0n) is 16.6. The summed E-state index contributed by atoms with van der Waals surface area (Å²) in [5, 5.41) is 0. The number of aliphatic imine (C=N–C) groups is 2. The number of carbonyl (C=O) groups is 1. The van der Waals surface area contributed by atoms with E-state index in [0.717, 1.165) is 48.7 Å². The van der Waals surface area contributed by atoms with Crippen LogP contribution in [0.3, 0.4) is 0 Å². The highest BCUT2D eigenvalue weighted by molar-refractivity contribution is 6.06. The van der Waals surface area contributed by atoms with E-state index in [1.807, 2.05) is 37.3 Å². The molecule has 0 amide bonds. The van der Waals surface area contributed by atoms with Crippen molar-refractivity contribution in [2.45, 2.75) is 18.9 Å². The standard InChI is InChI=1S/C22H26N4O2/c1-25(2)22-11-15(7-9-23-22)19-12-20-17-5-4-6-21(28-3)18(17)8-10-26(20)13-16(14-27)24-19/h4-7,9,12,14-16H,8,10-11,13H2,1-3H3. The molecule has 6 heteroatoms. The number of methoxy groups -OCH3 is 1. The van der Waals surface area contributed by atoms with Crippen molar-refractivity contribution < 1.29 is 9.53 Å². The number of fused-ring (bicyclic) bond motifs is 3. The highest BCUT2D eigenvalue weighted by Crippen LogP contribution is 2.36. The summed E-state index contributed by atoms with van der Waals surface area (Å²) in [6, 6.07) is 5.82. The van der Waals surface area contributed by atoms with E-state index in [9.17, 15) is 4.79 Å². The molecule has 1 aromatic carbocycles. The van der Waals surface area contributed by atoms with Gasteiger partial charge in [0.25, 0.3) is 0 Å². The molecule has 0 radical (unpaired) electrons. The van der Waals surface area contributed by atoms with E-state index in [1.165, 1.54) is 11.1 Å². The molecular formula is C22H26N4O2. The van der Waals surface area contributed by atoms with Gasteiger partial charge in [0.1, 0.15) is 23.9 Å². The molecule has 0 bridgehead atoms. The van der Waals surface area contributed by atoms with Crippen LogP contribution in [0.4, 0.5) is 0 Å². The maximum absolute atomic E-state index is 11.7. The summed E-state index contributed by atoms with van der Waals surface area (Å²) in [7, 11) is 5.72. The molecule has 0 N–H and O–H groups in total. The molecule has 2 atom stereocenters. The van der Waals surface area contributed by atoms with Crippen LogP contribution in [-0.2, 0) is 11.2 Å². The third kappa shape index (κ3) is 3.35. The van der Waals surface area contributed by atoms with Crippen LogP contribution in [-0.4, -0.2) is 68.0 Å². The number of hydrogen-bond donors (Lipinski definition) is 0. The maximum Gasteiger partial charge on any atom is 0.146 e. The van der Waals surface area contributed by atoms with Gasteiger partial charge < -0.3 is 19.3 Å². The molecule has 2 unspecified atom stereocenters. The molecule has 3 aliphatic heterocycles. The van der Waals surface area contributed by atoms with Gasteiger partial charge in [-0.2, -0.15) is 0 Å². The lowest BCUT2D eigenvalue weighted by Gasteiger charge is -2.33. The van der Waals surface area contributed by atoms with Crippen molar-refractivity contribution in [3.63, 3.8) is 0 Å². The number of carbonyl (C=O) groups excluding carboxylic acids is 1. The summed E-state index contributed by atoms with van der Waals surface area (Å²) in [6.45, 7) is 1.47. The van der Waals surface area contributed by atoms with Crippen molar-refractivity contribution in [3.05, 3.63) is 47.7 Å². The molecule has 146 valence electrons. The van der Waals surface area contributed by atoms with Crippen molar-refractivity contribution in [2.75, 3.05) is 34.3 Å². The SMILES string of the molecule is COc1cccc2c1CCN1CC(C=O)N=C(C3C=CN=C(N(C)C)C3)C=C21. The number of rotatable bonds is 3. The summed E-state index contributed by atoms with van der Waals surface area (Å²) >= 11 is 0. The Hall–Kier alpha value is -2.89. The Morgan fingerprint density at radius 2 is 2.18 bits per heavy atom. The van der Waals surface area contributed by atoms with E-state index in [-0.39, 0.29) is 12.0 Å². The number of nitrogens with zero attached hydrogens (tertiary/aromatic N) is 4. The van der Waals surface area contributed by atoms with E-state index < -0.39 is 0 Å². The van der Waals surface area contributed by atoms with Crippen LogP contribution in [0.1, 0.15) is 17.5 Å². The van der Waals surface area contributed by atoms with Crippen LogP contribution in [0.15, 0.2) is 46.5 Å². The van der Waals surface area contributed by atoms with Gasteiger partial charge in [-0.25, -0.2) is 4.99 Å². The second-order valence-corrected chi connectivity index (χ2v) is 7.56. The first-order valence-electron chi connectivity index (χ1n) is 9.67. The first kappa shape index (κ1) is 18.5. The minimum atomic E-state index is -0.356. The lowest BCUT2D eigenvalue weighted by Crippen LogP contribution is -2.35. The first-order valence-corrected chi connectivity index (χ1v) is 9.67. The Labute approximate surface area is 165 Å². The van der Waals surface area contributed by atoms with Crippen LogP contribution in [0.2, 0.25) is 0 Å². The third-order valence-corrected chi connectivity index (χ3v) is 5.61. The van der Waals surface area contributed by atoms with Gasteiger partial charge >= 0.3 is 0 Å². The molecule has 0 saturated carbocycles. The molecule has 0 fully saturated rings. The quantitative estimate of drug-likeness (QED) is 0.758. The third-order valence-electron chi connectivity index (χ3n) is 5.61. The largest absolute Gasteiger partial charge is 0.496 e. The molecule has 4 rings (SSSR count). The van der Waals surface area contributed by atoms with Crippen LogP contribution >= 0.6 is 0 Å². The van der Waals surface area contributed by atoms with Crippen molar-refractivity contribution in [2.24, 2.45) is 15.9 Å². The highest BCUT2D eigenvalue weighted by Gasteiger charge is 2.30. The average Bonchev–Trinajstić information content (AvgIpc) is 2.92. The van der Waals surface area contributed by atoms with Crippen molar-refractivity contribution >= 4 is 23.5 Å². The Morgan fingerprint density at radius 1 is 1.32 bits per heavy atom. The summed E-state index contributed by atoms with van der Waals surface area (Å²) in [4.78, 5) is 25.3. The molecule has 3 heterocycles. The summed E-state index contributed by atoms with van der Waals surface area (Å²) in [5.41, 5.74) is 4.47. The topological polar surface area (TPSA) is 57.5 Å². The predicted molar refractivity (Wildman–Crippen MR) is 112 cm³/mol. The molecule has 28 heavy (non-hydrogen) atoms. The zero-order valence-corrected chi connectivity index (χ0v) is 16.6. The lowest BCUT2D eigenvalue weighted by molar-refractivity contribution is -0.109. The lowest BCUT2D eigenvalue weighted by atomic mass is 9.91. The number of allylic oxidation sites excluding steroid dienone is 2. The Kier molecular flexibility index (Phi) is 5.03. The molecule has 0 aromatic heterocycles. The Balaban J connectivity index is 1.76. The monoisotopic (exact) mass is 378 g/mol. The number of ether oxygens (including phenoxy) is 1.